The van der Waals surface area contributed by atoms with Crippen LogP contribution in [0.1, 0.15) is 37.1 Å². The first kappa shape index (κ1) is 15.0. The average Bonchev–Trinajstić information content (AvgIpc) is 3.33. The van der Waals surface area contributed by atoms with E-state index in [0.29, 0.717) is 23.4 Å². The SMILES string of the molecule is CCc1cc(O)ccc1-c1c(OS)c(C)nn(C2CC2)c1=O. The van der Waals surface area contributed by atoms with Gasteiger partial charge in [-0.1, -0.05) is 13.0 Å². The fraction of sp³-hybridized carbons (Fsp3) is 0.375. The van der Waals surface area contributed by atoms with Crippen LogP contribution < -0.4 is 9.74 Å². The normalized spacial score (nSPS) is 14.1. The summed E-state index contributed by atoms with van der Waals surface area (Å²) < 4.78 is 6.70. The van der Waals surface area contributed by atoms with Gasteiger partial charge in [-0.05, 0) is 49.4 Å². The first-order valence-electron chi connectivity index (χ1n) is 7.34. The summed E-state index contributed by atoms with van der Waals surface area (Å²) in [6.07, 6.45) is 2.64. The van der Waals surface area contributed by atoms with E-state index in [9.17, 15) is 9.90 Å². The van der Waals surface area contributed by atoms with Crippen molar-refractivity contribution in [2.75, 3.05) is 0 Å². The van der Waals surface area contributed by atoms with Crippen LogP contribution in [0.2, 0.25) is 0 Å². The maximum atomic E-state index is 12.9. The van der Waals surface area contributed by atoms with Crippen molar-refractivity contribution in [3.8, 4) is 22.6 Å². The lowest BCUT2D eigenvalue weighted by Gasteiger charge is -2.15. The van der Waals surface area contributed by atoms with Crippen LogP contribution in [0, 0.1) is 6.92 Å². The molecule has 1 aliphatic carbocycles. The van der Waals surface area contributed by atoms with E-state index in [-0.39, 0.29) is 17.4 Å². The van der Waals surface area contributed by atoms with Crippen molar-refractivity contribution in [3.05, 3.63) is 39.8 Å². The van der Waals surface area contributed by atoms with Crippen molar-refractivity contribution < 1.29 is 9.29 Å². The van der Waals surface area contributed by atoms with E-state index in [1.54, 1.807) is 29.8 Å². The minimum atomic E-state index is -0.169. The highest BCUT2D eigenvalue weighted by molar-refractivity contribution is 7.75. The van der Waals surface area contributed by atoms with Crippen molar-refractivity contribution in [1.29, 1.82) is 0 Å². The van der Waals surface area contributed by atoms with Gasteiger partial charge < -0.3 is 9.29 Å². The van der Waals surface area contributed by atoms with Crippen LogP contribution >= 0.6 is 12.9 Å². The molecule has 1 fully saturated rings. The Hall–Kier alpha value is -1.95. The molecule has 0 spiro atoms. The van der Waals surface area contributed by atoms with Crippen molar-refractivity contribution in [2.24, 2.45) is 0 Å². The molecule has 6 heteroatoms. The van der Waals surface area contributed by atoms with Gasteiger partial charge in [0.1, 0.15) is 11.4 Å². The minimum Gasteiger partial charge on any atom is -0.508 e. The van der Waals surface area contributed by atoms with Gasteiger partial charge in [-0.25, -0.2) is 4.68 Å². The Kier molecular flexibility index (Phi) is 3.87. The van der Waals surface area contributed by atoms with Crippen molar-refractivity contribution in [2.45, 2.75) is 39.2 Å². The zero-order valence-electron chi connectivity index (χ0n) is 12.5. The Morgan fingerprint density at radius 3 is 2.77 bits per heavy atom. The summed E-state index contributed by atoms with van der Waals surface area (Å²) >= 11 is 3.89. The number of aromatic nitrogens is 2. The van der Waals surface area contributed by atoms with Gasteiger partial charge in [0, 0.05) is 12.9 Å². The molecule has 1 saturated carbocycles. The van der Waals surface area contributed by atoms with Crippen LogP contribution in [0.5, 0.6) is 11.5 Å². The standard InChI is InChI=1S/C16H18N2O3S/c1-3-10-8-12(19)6-7-13(10)14-15(21-22)9(2)17-18(16(14)20)11-4-5-11/h6-8,11,19,22H,3-5H2,1-2H3. The number of rotatable bonds is 4. The number of benzene rings is 1. The highest BCUT2D eigenvalue weighted by Gasteiger charge is 2.29. The molecule has 5 nitrogen and oxygen atoms in total. The molecule has 0 atom stereocenters. The lowest BCUT2D eigenvalue weighted by molar-refractivity contribution is 0.474. The van der Waals surface area contributed by atoms with Gasteiger partial charge in [-0.3, -0.25) is 4.79 Å². The van der Waals surface area contributed by atoms with E-state index in [0.717, 1.165) is 24.0 Å². The summed E-state index contributed by atoms with van der Waals surface area (Å²) in [7, 11) is 0. The highest BCUT2D eigenvalue weighted by Crippen LogP contribution is 2.37. The molecule has 116 valence electrons. The second kappa shape index (κ2) is 5.68. The smallest absolute Gasteiger partial charge is 0.278 e. The van der Waals surface area contributed by atoms with E-state index in [1.807, 2.05) is 6.92 Å². The summed E-state index contributed by atoms with van der Waals surface area (Å²) in [6, 6.07) is 5.18. The maximum Gasteiger partial charge on any atom is 0.278 e. The molecule has 0 bridgehead atoms. The van der Waals surface area contributed by atoms with E-state index >= 15 is 0 Å². The molecule has 0 saturated heterocycles. The Balaban J connectivity index is 2.31. The third-order valence-corrected chi connectivity index (χ3v) is 4.14. The van der Waals surface area contributed by atoms with Crippen LogP contribution in [0.15, 0.2) is 23.0 Å². The molecule has 1 aliphatic rings. The largest absolute Gasteiger partial charge is 0.508 e. The Morgan fingerprint density at radius 2 is 2.18 bits per heavy atom. The Morgan fingerprint density at radius 1 is 1.45 bits per heavy atom. The van der Waals surface area contributed by atoms with E-state index in [1.165, 1.54) is 0 Å². The Bertz CT molecular complexity index is 782. The quantitative estimate of drug-likeness (QED) is 0.672. The topological polar surface area (TPSA) is 64.3 Å². The molecule has 1 aromatic carbocycles. The molecule has 0 aliphatic heterocycles. The Labute approximate surface area is 134 Å². The first-order chi connectivity index (χ1) is 10.6. The molecule has 1 heterocycles. The van der Waals surface area contributed by atoms with Crippen molar-refractivity contribution in [3.63, 3.8) is 0 Å². The van der Waals surface area contributed by atoms with Crippen LogP contribution in [0.25, 0.3) is 11.1 Å². The number of nitrogens with zero attached hydrogens (tertiary/aromatic N) is 2. The van der Waals surface area contributed by atoms with E-state index < -0.39 is 0 Å². The molecular weight excluding hydrogens is 300 g/mol. The summed E-state index contributed by atoms with van der Waals surface area (Å²) in [5.74, 6) is 0.563. The van der Waals surface area contributed by atoms with Gasteiger partial charge in [0.15, 0.2) is 5.75 Å². The fourth-order valence-corrected chi connectivity index (χ4v) is 2.90. The number of phenols is 1. The first-order valence-corrected chi connectivity index (χ1v) is 7.70. The van der Waals surface area contributed by atoms with Gasteiger partial charge in [-0.15, -0.1) is 0 Å². The van der Waals surface area contributed by atoms with Crippen LogP contribution in [-0.2, 0) is 6.42 Å². The lowest BCUT2D eigenvalue weighted by atomic mass is 9.97. The van der Waals surface area contributed by atoms with Gasteiger partial charge in [0.05, 0.1) is 11.6 Å². The van der Waals surface area contributed by atoms with Crippen LogP contribution in [0.3, 0.4) is 0 Å². The predicted molar refractivity (Wildman–Crippen MR) is 87.6 cm³/mol. The zero-order chi connectivity index (χ0) is 15.9. The number of hydrogen-bond donors (Lipinski definition) is 2. The third-order valence-electron chi connectivity index (χ3n) is 3.96. The molecule has 0 radical (unpaired) electrons. The second-order valence-corrected chi connectivity index (χ2v) is 5.74. The second-order valence-electron chi connectivity index (χ2n) is 5.56. The zero-order valence-corrected chi connectivity index (χ0v) is 13.4. The van der Waals surface area contributed by atoms with E-state index in [4.69, 9.17) is 4.18 Å². The van der Waals surface area contributed by atoms with Crippen molar-refractivity contribution >= 4 is 12.9 Å². The van der Waals surface area contributed by atoms with Gasteiger partial charge >= 0.3 is 0 Å². The molecule has 0 amide bonds. The van der Waals surface area contributed by atoms with Crippen LogP contribution in [-0.4, -0.2) is 14.9 Å². The number of phenolic OH excluding ortho intramolecular Hbond substituents is 1. The monoisotopic (exact) mass is 318 g/mol. The maximum absolute atomic E-state index is 12.9. The molecule has 3 rings (SSSR count). The average molecular weight is 318 g/mol. The molecule has 1 N–H and O–H groups in total. The van der Waals surface area contributed by atoms with Gasteiger partial charge in [0.2, 0.25) is 0 Å². The number of hydrogen-bond acceptors (Lipinski definition) is 5. The number of thiol groups is 1. The molecule has 1 aromatic heterocycles. The molecule has 2 aromatic rings. The summed E-state index contributed by atoms with van der Waals surface area (Å²) in [5, 5.41) is 14.0. The summed E-state index contributed by atoms with van der Waals surface area (Å²) in [6.45, 7) is 3.78. The van der Waals surface area contributed by atoms with Crippen molar-refractivity contribution in [1.82, 2.24) is 9.78 Å². The summed E-state index contributed by atoms with van der Waals surface area (Å²) in [4.78, 5) is 12.9. The van der Waals surface area contributed by atoms with Crippen LogP contribution in [0.4, 0.5) is 0 Å². The molecule has 0 unspecified atom stereocenters. The molecular formula is C16H18N2O3S. The predicted octanol–water partition coefficient (Wildman–Crippen LogP) is 3.05. The fourth-order valence-electron chi connectivity index (χ4n) is 2.68. The third kappa shape index (κ3) is 2.47. The van der Waals surface area contributed by atoms with Gasteiger partial charge in [0.25, 0.3) is 5.56 Å². The van der Waals surface area contributed by atoms with E-state index in [2.05, 4.69) is 18.0 Å². The number of aromatic hydroxyl groups is 1. The van der Waals surface area contributed by atoms with Gasteiger partial charge in [-0.2, -0.15) is 5.10 Å². The number of aryl methyl sites for hydroxylation is 2. The minimum absolute atomic E-state index is 0.169. The summed E-state index contributed by atoms with van der Waals surface area (Å²) in [5.41, 5.74) is 2.57. The highest BCUT2D eigenvalue weighted by atomic mass is 32.1. The lowest BCUT2D eigenvalue weighted by Crippen LogP contribution is -2.25. The molecule has 22 heavy (non-hydrogen) atoms.